The molecule has 4 aromatic rings. The van der Waals surface area contributed by atoms with Crippen molar-refractivity contribution in [3.05, 3.63) is 59.9 Å². The summed E-state index contributed by atoms with van der Waals surface area (Å²) in [5.74, 6) is 0.836. The minimum atomic E-state index is 0.0745. The first-order chi connectivity index (χ1) is 13.7. The summed E-state index contributed by atoms with van der Waals surface area (Å²) in [6.45, 7) is 0. The number of methoxy groups -OCH3 is 1. The van der Waals surface area contributed by atoms with Crippen LogP contribution in [0.2, 0.25) is 0 Å². The molecular weight excluding hydrogens is 354 g/mol. The molecule has 0 unspecified atom stereocenters. The van der Waals surface area contributed by atoms with Gasteiger partial charge in [-0.05, 0) is 42.2 Å². The Bertz CT molecular complexity index is 1180. The predicted octanol–water partition coefficient (Wildman–Crippen LogP) is 3.13. The van der Waals surface area contributed by atoms with E-state index in [1.54, 1.807) is 18.2 Å². The van der Waals surface area contributed by atoms with Gasteiger partial charge >= 0.3 is 0 Å². The molecule has 2 aromatic heterocycles. The lowest BCUT2D eigenvalue weighted by molar-refractivity contribution is 0.373. The van der Waals surface area contributed by atoms with Crippen LogP contribution in [-0.4, -0.2) is 32.0 Å². The van der Waals surface area contributed by atoms with Gasteiger partial charge in [-0.25, -0.2) is 14.6 Å². The zero-order valence-electron chi connectivity index (χ0n) is 15.3. The molecular formula is C21H19N5O2. The van der Waals surface area contributed by atoms with E-state index in [9.17, 15) is 5.11 Å². The van der Waals surface area contributed by atoms with E-state index >= 15 is 0 Å². The van der Waals surface area contributed by atoms with E-state index in [1.807, 2.05) is 4.68 Å². The number of hydrogen-bond donors (Lipinski definition) is 2. The second kappa shape index (κ2) is 6.23. The molecule has 1 aliphatic rings. The molecule has 0 bridgehead atoms. The molecule has 0 spiro atoms. The first-order valence-electron chi connectivity index (χ1n) is 9.08. The highest BCUT2D eigenvalue weighted by Gasteiger charge is 2.27. The third-order valence-electron chi connectivity index (χ3n) is 5.35. The minimum absolute atomic E-state index is 0.0745. The summed E-state index contributed by atoms with van der Waals surface area (Å²) >= 11 is 0. The van der Waals surface area contributed by atoms with Crippen LogP contribution in [0.25, 0.3) is 22.3 Å². The first-order valence-corrected chi connectivity index (χ1v) is 9.08. The predicted molar refractivity (Wildman–Crippen MR) is 106 cm³/mol. The van der Waals surface area contributed by atoms with Gasteiger partial charge in [0.05, 0.1) is 18.5 Å². The van der Waals surface area contributed by atoms with E-state index in [0.29, 0.717) is 28.3 Å². The molecule has 140 valence electrons. The Morgan fingerprint density at radius 3 is 2.57 bits per heavy atom. The van der Waals surface area contributed by atoms with Crippen LogP contribution in [0.15, 0.2) is 48.8 Å². The molecule has 0 atom stereocenters. The summed E-state index contributed by atoms with van der Waals surface area (Å²) in [5.41, 5.74) is 11.1. The van der Waals surface area contributed by atoms with Gasteiger partial charge in [0.15, 0.2) is 17.1 Å². The molecule has 7 nitrogen and oxygen atoms in total. The van der Waals surface area contributed by atoms with Crippen LogP contribution in [-0.2, 0) is 12.8 Å². The van der Waals surface area contributed by atoms with Crippen molar-refractivity contribution in [3.8, 4) is 22.8 Å². The summed E-state index contributed by atoms with van der Waals surface area (Å²) in [6.07, 6.45) is 3.27. The van der Waals surface area contributed by atoms with E-state index in [0.717, 1.165) is 18.4 Å². The maximum Gasteiger partial charge on any atom is 0.164 e. The Balaban J connectivity index is 1.68. The highest BCUT2D eigenvalue weighted by molar-refractivity contribution is 5.98. The zero-order chi connectivity index (χ0) is 19.3. The van der Waals surface area contributed by atoms with Crippen LogP contribution in [0.5, 0.6) is 11.5 Å². The zero-order valence-corrected chi connectivity index (χ0v) is 15.3. The minimum Gasteiger partial charge on any atom is -0.504 e. The molecule has 2 heterocycles. The number of nitrogens with two attached hydrogens (primary N) is 1. The third kappa shape index (κ3) is 2.47. The fourth-order valence-corrected chi connectivity index (χ4v) is 3.99. The first kappa shape index (κ1) is 16.6. The quantitative estimate of drug-likeness (QED) is 0.572. The van der Waals surface area contributed by atoms with Crippen molar-refractivity contribution in [3.63, 3.8) is 0 Å². The molecule has 7 heteroatoms. The fraction of sp³-hybridized carbons (Fsp3) is 0.190. The number of fused-ring (bicyclic) bond motifs is 2. The molecule has 0 radical (unpaired) electrons. The molecule has 3 N–H and O–H groups in total. The van der Waals surface area contributed by atoms with Gasteiger partial charge in [0, 0.05) is 5.56 Å². The Kier molecular flexibility index (Phi) is 3.68. The average molecular weight is 373 g/mol. The van der Waals surface area contributed by atoms with Crippen LogP contribution in [0, 0.1) is 0 Å². The van der Waals surface area contributed by atoms with Crippen LogP contribution in [0.4, 0.5) is 5.82 Å². The van der Waals surface area contributed by atoms with Crippen molar-refractivity contribution in [1.82, 2.24) is 19.7 Å². The molecule has 1 aliphatic carbocycles. The maximum atomic E-state index is 9.93. The maximum absolute atomic E-state index is 9.93. The number of aromatic hydroxyl groups is 1. The van der Waals surface area contributed by atoms with E-state index in [1.165, 1.54) is 24.6 Å². The Morgan fingerprint density at radius 2 is 1.86 bits per heavy atom. The van der Waals surface area contributed by atoms with Gasteiger partial charge in [0.2, 0.25) is 0 Å². The molecule has 0 saturated carbocycles. The van der Waals surface area contributed by atoms with Crippen LogP contribution in [0.1, 0.15) is 17.2 Å². The molecule has 5 rings (SSSR count). The normalized spacial score (nSPS) is 13.8. The van der Waals surface area contributed by atoms with Crippen molar-refractivity contribution in [1.29, 1.82) is 0 Å². The Hall–Kier alpha value is -3.61. The largest absolute Gasteiger partial charge is 0.504 e. The van der Waals surface area contributed by atoms with E-state index < -0.39 is 0 Å². The molecule has 0 fully saturated rings. The van der Waals surface area contributed by atoms with Crippen molar-refractivity contribution >= 4 is 16.9 Å². The van der Waals surface area contributed by atoms with Gasteiger partial charge < -0.3 is 15.6 Å². The summed E-state index contributed by atoms with van der Waals surface area (Å²) in [6, 6.07) is 13.8. The smallest absolute Gasteiger partial charge is 0.164 e. The lowest BCUT2D eigenvalue weighted by Gasteiger charge is -2.10. The lowest BCUT2D eigenvalue weighted by atomic mass is 10.1. The number of aromatic nitrogens is 4. The van der Waals surface area contributed by atoms with Crippen LogP contribution < -0.4 is 10.5 Å². The number of phenols is 1. The van der Waals surface area contributed by atoms with Crippen LogP contribution in [0.3, 0.4) is 0 Å². The van der Waals surface area contributed by atoms with Crippen molar-refractivity contribution < 1.29 is 9.84 Å². The summed E-state index contributed by atoms with van der Waals surface area (Å²) in [7, 11) is 1.52. The van der Waals surface area contributed by atoms with Gasteiger partial charge in [-0.1, -0.05) is 24.3 Å². The summed E-state index contributed by atoms with van der Waals surface area (Å²) in [4.78, 5) is 8.65. The number of phenolic OH excluding ortho intramolecular Hbond substituents is 1. The van der Waals surface area contributed by atoms with Crippen LogP contribution >= 0.6 is 0 Å². The van der Waals surface area contributed by atoms with Crippen molar-refractivity contribution in [2.45, 2.75) is 18.9 Å². The van der Waals surface area contributed by atoms with E-state index in [2.05, 4.69) is 34.2 Å². The number of ether oxygens (including phenoxy) is 1. The Labute approximate surface area is 161 Å². The molecule has 2 aromatic carbocycles. The highest BCUT2D eigenvalue weighted by atomic mass is 16.5. The van der Waals surface area contributed by atoms with Crippen molar-refractivity contribution in [2.24, 2.45) is 0 Å². The topological polar surface area (TPSA) is 99.1 Å². The summed E-state index contributed by atoms with van der Waals surface area (Å²) < 4.78 is 7.21. The van der Waals surface area contributed by atoms with E-state index in [-0.39, 0.29) is 11.8 Å². The summed E-state index contributed by atoms with van der Waals surface area (Å²) in [5, 5.41) is 15.5. The number of hydrogen-bond acceptors (Lipinski definition) is 6. The highest BCUT2D eigenvalue weighted by Crippen LogP contribution is 2.38. The van der Waals surface area contributed by atoms with Gasteiger partial charge in [0.1, 0.15) is 17.8 Å². The monoisotopic (exact) mass is 373 g/mol. The molecule has 0 amide bonds. The fourth-order valence-electron chi connectivity index (χ4n) is 3.99. The molecule has 28 heavy (non-hydrogen) atoms. The van der Waals surface area contributed by atoms with Gasteiger partial charge in [-0.2, -0.15) is 5.10 Å². The molecule has 0 saturated heterocycles. The SMILES string of the molecule is COc1cc(-c2nn(C3Cc4ccccc4C3)c3ncnc(N)c23)ccc1O. The standard InChI is InChI=1S/C21H19N5O2/c1-28-17-10-14(6-7-16(17)27)19-18-20(22)23-11-24-21(18)26(25-19)15-8-12-4-2-3-5-13(12)9-15/h2-7,10-11,15,27H,8-9H2,1H3,(H2,22,23,24). The van der Waals surface area contributed by atoms with Gasteiger partial charge in [-0.3, -0.25) is 0 Å². The third-order valence-corrected chi connectivity index (χ3v) is 5.35. The number of anilines is 1. The average Bonchev–Trinajstić information content (AvgIpc) is 3.30. The second-order valence-corrected chi connectivity index (χ2v) is 6.97. The lowest BCUT2D eigenvalue weighted by Crippen LogP contribution is -2.11. The second-order valence-electron chi connectivity index (χ2n) is 6.97. The number of nitrogens with zero attached hydrogens (tertiary/aromatic N) is 4. The number of nitrogen functional groups attached to an aromatic ring is 1. The van der Waals surface area contributed by atoms with Crippen molar-refractivity contribution in [2.75, 3.05) is 12.8 Å². The van der Waals surface area contributed by atoms with E-state index in [4.69, 9.17) is 15.6 Å². The number of benzene rings is 2. The van der Waals surface area contributed by atoms with Gasteiger partial charge in [0.25, 0.3) is 0 Å². The Morgan fingerprint density at radius 1 is 1.11 bits per heavy atom. The van der Waals surface area contributed by atoms with Gasteiger partial charge in [-0.15, -0.1) is 0 Å². The molecule has 0 aliphatic heterocycles. The number of rotatable bonds is 3.